The highest BCUT2D eigenvalue weighted by Gasteiger charge is 2.22. The standard InChI is InChI=1S/C14H23F2N5O.2ClH/c1-17-4-2-3-13(22)20-9-7-19(8-10-20)11-12-18-5-6-21(12)14(15)16;;/h5-6,14,17H,2-4,7-11H2,1H3;2*1H. The van der Waals surface area contributed by atoms with Gasteiger partial charge in [0.15, 0.2) is 0 Å². The van der Waals surface area contributed by atoms with E-state index in [1.54, 1.807) is 0 Å². The minimum atomic E-state index is -2.56. The average Bonchev–Trinajstić information content (AvgIpc) is 2.96. The third-order valence-electron chi connectivity index (χ3n) is 3.87. The van der Waals surface area contributed by atoms with Gasteiger partial charge in [-0.3, -0.25) is 14.3 Å². The number of carbonyl (C=O) groups is 1. The molecule has 2 heterocycles. The number of alkyl halides is 2. The van der Waals surface area contributed by atoms with E-state index < -0.39 is 6.55 Å². The molecule has 0 saturated carbocycles. The zero-order chi connectivity index (χ0) is 15.9. The van der Waals surface area contributed by atoms with Crippen LogP contribution in [-0.2, 0) is 11.3 Å². The second kappa shape index (κ2) is 11.6. The molecule has 0 bridgehead atoms. The second-order valence-corrected chi connectivity index (χ2v) is 5.39. The van der Waals surface area contributed by atoms with Gasteiger partial charge in [-0.1, -0.05) is 0 Å². The number of aromatic nitrogens is 2. The van der Waals surface area contributed by atoms with Gasteiger partial charge in [0.2, 0.25) is 5.91 Å². The smallest absolute Gasteiger partial charge is 0.319 e. The normalized spacial score (nSPS) is 15.1. The molecule has 1 amide bonds. The van der Waals surface area contributed by atoms with Crippen LogP contribution in [0.5, 0.6) is 0 Å². The fraction of sp³-hybridized carbons (Fsp3) is 0.714. The summed E-state index contributed by atoms with van der Waals surface area (Å²) in [7, 11) is 1.87. The summed E-state index contributed by atoms with van der Waals surface area (Å²) in [5, 5.41) is 3.02. The van der Waals surface area contributed by atoms with Gasteiger partial charge in [0.1, 0.15) is 5.82 Å². The van der Waals surface area contributed by atoms with Crippen LogP contribution < -0.4 is 5.32 Å². The summed E-state index contributed by atoms with van der Waals surface area (Å²) in [6.07, 6.45) is 4.07. The van der Waals surface area contributed by atoms with E-state index in [1.807, 2.05) is 11.9 Å². The number of hydrogen-bond acceptors (Lipinski definition) is 4. The van der Waals surface area contributed by atoms with Gasteiger partial charge >= 0.3 is 6.55 Å². The molecule has 0 atom stereocenters. The van der Waals surface area contributed by atoms with Crippen molar-refractivity contribution in [3.63, 3.8) is 0 Å². The Morgan fingerprint density at radius 3 is 2.54 bits per heavy atom. The second-order valence-electron chi connectivity index (χ2n) is 5.39. The van der Waals surface area contributed by atoms with Gasteiger partial charge < -0.3 is 10.2 Å². The highest BCUT2D eigenvalue weighted by atomic mass is 35.5. The third-order valence-corrected chi connectivity index (χ3v) is 3.87. The van der Waals surface area contributed by atoms with Crippen LogP contribution in [0.25, 0.3) is 0 Å². The SMILES string of the molecule is CNCCCC(=O)N1CCN(Cc2nccn2C(F)F)CC1.Cl.Cl. The van der Waals surface area contributed by atoms with Crippen LogP contribution >= 0.6 is 24.8 Å². The molecule has 0 spiro atoms. The number of imidazole rings is 1. The van der Waals surface area contributed by atoms with Crippen molar-refractivity contribution in [2.24, 2.45) is 0 Å². The van der Waals surface area contributed by atoms with Crippen molar-refractivity contribution < 1.29 is 13.6 Å². The van der Waals surface area contributed by atoms with Gasteiger partial charge in [0, 0.05) is 45.0 Å². The lowest BCUT2D eigenvalue weighted by atomic mass is 10.2. The molecule has 1 saturated heterocycles. The molecule has 140 valence electrons. The lowest BCUT2D eigenvalue weighted by Gasteiger charge is -2.34. The fourth-order valence-electron chi connectivity index (χ4n) is 2.57. The van der Waals surface area contributed by atoms with Gasteiger partial charge in [0.25, 0.3) is 0 Å². The maximum atomic E-state index is 12.8. The monoisotopic (exact) mass is 387 g/mol. The Bertz CT molecular complexity index is 481. The molecule has 0 aromatic carbocycles. The summed E-state index contributed by atoms with van der Waals surface area (Å²) in [6.45, 7) is 1.33. The van der Waals surface area contributed by atoms with Crippen molar-refractivity contribution in [2.45, 2.75) is 25.9 Å². The molecule has 24 heavy (non-hydrogen) atoms. The van der Waals surface area contributed by atoms with Gasteiger partial charge in [-0.25, -0.2) is 4.98 Å². The number of hydrogen-bond donors (Lipinski definition) is 1. The van der Waals surface area contributed by atoms with E-state index in [4.69, 9.17) is 0 Å². The first-order valence-electron chi connectivity index (χ1n) is 7.56. The number of carbonyl (C=O) groups excluding carboxylic acids is 1. The molecular weight excluding hydrogens is 363 g/mol. The number of nitrogens with one attached hydrogen (secondary N) is 1. The molecule has 2 rings (SSSR count). The predicted octanol–water partition coefficient (Wildman–Crippen LogP) is 1.77. The summed E-state index contributed by atoms with van der Waals surface area (Å²) in [6, 6.07) is 0. The van der Waals surface area contributed by atoms with E-state index in [0.29, 0.717) is 45.0 Å². The predicted molar refractivity (Wildman–Crippen MR) is 93.0 cm³/mol. The van der Waals surface area contributed by atoms with Crippen LogP contribution in [0.1, 0.15) is 25.2 Å². The number of piperazine rings is 1. The first-order valence-corrected chi connectivity index (χ1v) is 7.56. The third kappa shape index (κ3) is 6.51. The zero-order valence-corrected chi connectivity index (χ0v) is 15.3. The van der Waals surface area contributed by atoms with Crippen LogP contribution in [0.2, 0.25) is 0 Å². The zero-order valence-electron chi connectivity index (χ0n) is 13.7. The van der Waals surface area contributed by atoms with Crippen LogP contribution in [0.4, 0.5) is 8.78 Å². The Morgan fingerprint density at radius 2 is 1.96 bits per heavy atom. The number of halogens is 4. The van der Waals surface area contributed by atoms with E-state index in [1.165, 1.54) is 12.4 Å². The summed E-state index contributed by atoms with van der Waals surface area (Å²) >= 11 is 0. The van der Waals surface area contributed by atoms with E-state index in [0.717, 1.165) is 17.5 Å². The van der Waals surface area contributed by atoms with Crippen molar-refractivity contribution in [1.82, 2.24) is 24.7 Å². The first kappa shape index (κ1) is 23.0. The Hall–Kier alpha value is -0.960. The molecular formula is C14H25Cl2F2N5O. The molecule has 10 heteroatoms. The van der Waals surface area contributed by atoms with E-state index >= 15 is 0 Å². The average molecular weight is 388 g/mol. The molecule has 1 fully saturated rings. The Labute approximate surface area is 153 Å². The minimum absolute atomic E-state index is 0. The van der Waals surface area contributed by atoms with Crippen LogP contribution in [0.15, 0.2) is 12.4 Å². The van der Waals surface area contributed by atoms with Crippen molar-refractivity contribution >= 4 is 30.7 Å². The largest absolute Gasteiger partial charge is 0.340 e. The molecule has 0 unspecified atom stereocenters. The first-order chi connectivity index (χ1) is 10.6. The molecule has 1 aromatic heterocycles. The number of amides is 1. The van der Waals surface area contributed by atoms with Gasteiger partial charge in [-0.05, 0) is 20.0 Å². The molecule has 1 aliphatic heterocycles. The summed E-state index contributed by atoms with van der Waals surface area (Å²) in [5.74, 6) is 0.535. The van der Waals surface area contributed by atoms with E-state index in [2.05, 4.69) is 15.2 Å². The highest BCUT2D eigenvalue weighted by Crippen LogP contribution is 2.15. The molecule has 1 aromatic rings. The van der Waals surface area contributed by atoms with Gasteiger partial charge in [-0.2, -0.15) is 8.78 Å². The molecule has 1 N–H and O–H groups in total. The highest BCUT2D eigenvalue weighted by molar-refractivity contribution is 5.85. The Balaban J connectivity index is 0.00000264. The molecule has 0 aliphatic carbocycles. The molecule has 0 radical (unpaired) electrons. The van der Waals surface area contributed by atoms with Crippen LogP contribution in [0, 0.1) is 0 Å². The minimum Gasteiger partial charge on any atom is -0.340 e. The molecule has 6 nitrogen and oxygen atoms in total. The lowest BCUT2D eigenvalue weighted by Crippen LogP contribution is -2.48. The van der Waals surface area contributed by atoms with Crippen molar-refractivity contribution in [1.29, 1.82) is 0 Å². The topological polar surface area (TPSA) is 53.4 Å². The maximum absolute atomic E-state index is 12.8. The summed E-state index contributed by atoms with van der Waals surface area (Å²) < 4.78 is 26.4. The van der Waals surface area contributed by atoms with E-state index in [-0.39, 0.29) is 30.7 Å². The fourth-order valence-corrected chi connectivity index (χ4v) is 2.57. The van der Waals surface area contributed by atoms with Crippen molar-refractivity contribution in [3.8, 4) is 0 Å². The molecule has 1 aliphatic rings. The van der Waals surface area contributed by atoms with Crippen LogP contribution in [-0.4, -0.2) is 65.0 Å². The Kier molecular flexibility index (Phi) is 11.1. The van der Waals surface area contributed by atoms with Crippen molar-refractivity contribution in [2.75, 3.05) is 39.8 Å². The van der Waals surface area contributed by atoms with Crippen molar-refractivity contribution in [3.05, 3.63) is 18.2 Å². The number of rotatable bonds is 7. The van der Waals surface area contributed by atoms with Gasteiger partial charge in [0.05, 0.1) is 6.54 Å². The lowest BCUT2D eigenvalue weighted by molar-refractivity contribution is -0.133. The van der Waals surface area contributed by atoms with Gasteiger partial charge in [-0.15, -0.1) is 24.8 Å². The van der Waals surface area contributed by atoms with E-state index in [9.17, 15) is 13.6 Å². The maximum Gasteiger partial charge on any atom is 0.319 e. The Morgan fingerprint density at radius 1 is 1.29 bits per heavy atom. The summed E-state index contributed by atoms with van der Waals surface area (Å²) in [4.78, 5) is 19.9. The summed E-state index contributed by atoms with van der Waals surface area (Å²) in [5.41, 5.74) is 0. The number of nitrogens with zero attached hydrogens (tertiary/aromatic N) is 4. The van der Waals surface area contributed by atoms with Crippen LogP contribution in [0.3, 0.4) is 0 Å². The quantitative estimate of drug-likeness (QED) is 0.724.